The zero-order valence-electron chi connectivity index (χ0n) is 7.97. The number of ether oxygens (including phenoxy) is 1. The lowest BCUT2D eigenvalue weighted by atomic mass is 10.2. The van der Waals surface area contributed by atoms with E-state index < -0.39 is 0 Å². The van der Waals surface area contributed by atoms with E-state index in [1.165, 1.54) is 0 Å². The zero-order chi connectivity index (χ0) is 9.56. The van der Waals surface area contributed by atoms with Crippen molar-refractivity contribution in [2.24, 2.45) is 0 Å². The molecule has 0 amide bonds. The highest BCUT2D eigenvalue weighted by Gasteiger charge is 2.08. The van der Waals surface area contributed by atoms with Crippen LogP contribution in [0.2, 0.25) is 0 Å². The number of esters is 1. The van der Waals surface area contributed by atoms with Crippen molar-refractivity contribution in [1.29, 1.82) is 0 Å². The van der Waals surface area contributed by atoms with Gasteiger partial charge in [-0.1, -0.05) is 36.4 Å². The van der Waals surface area contributed by atoms with Crippen molar-refractivity contribution in [3.05, 3.63) is 0 Å². The number of halogens is 1. The molecular formula is C9H17IO2. The third-order valence-corrected chi connectivity index (χ3v) is 2.28. The maximum atomic E-state index is 11.1. The van der Waals surface area contributed by atoms with Gasteiger partial charge in [0, 0.05) is 10.3 Å². The van der Waals surface area contributed by atoms with Crippen LogP contribution in [0.4, 0.5) is 0 Å². The molecule has 2 unspecified atom stereocenters. The number of rotatable bonds is 5. The summed E-state index contributed by atoms with van der Waals surface area (Å²) >= 11 is 2.31. The normalized spacial score (nSPS) is 15.3. The first-order valence-corrected chi connectivity index (χ1v) is 5.64. The topological polar surface area (TPSA) is 26.3 Å². The molecule has 0 spiro atoms. The van der Waals surface area contributed by atoms with Crippen LogP contribution in [-0.4, -0.2) is 16.0 Å². The highest BCUT2D eigenvalue weighted by Crippen LogP contribution is 2.09. The van der Waals surface area contributed by atoms with Gasteiger partial charge in [0.05, 0.1) is 6.10 Å². The summed E-state index contributed by atoms with van der Waals surface area (Å²) in [5, 5.41) is 0. The van der Waals surface area contributed by atoms with E-state index >= 15 is 0 Å². The molecule has 2 nitrogen and oxygen atoms in total. The van der Waals surface area contributed by atoms with Crippen molar-refractivity contribution in [3.8, 4) is 0 Å². The number of carbonyl (C=O) groups is 1. The third kappa shape index (κ3) is 6.88. The smallest absolute Gasteiger partial charge is 0.306 e. The second-order valence-electron chi connectivity index (χ2n) is 3.03. The zero-order valence-corrected chi connectivity index (χ0v) is 10.1. The third-order valence-electron chi connectivity index (χ3n) is 1.65. The van der Waals surface area contributed by atoms with Crippen LogP contribution in [0.5, 0.6) is 0 Å². The predicted molar refractivity (Wildman–Crippen MR) is 58.6 cm³/mol. The molecule has 12 heavy (non-hydrogen) atoms. The fourth-order valence-electron chi connectivity index (χ4n) is 0.683. The average molecular weight is 284 g/mol. The van der Waals surface area contributed by atoms with Crippen LogP contribution in [0.15, 0.2) is 0 Å². The molecular weight excluding hydrogens is 267 g/mol. The van der Waals surface area contributed by atoms with E-state index in [0.717, 1.165) is 12.8 Å². The molecule has 3 heteroatoms. The first-order chi connectivity index (χ1) is 5.56. The Hall–Kier alpha value is 0.200. The quantitative estimate of drug-likeness (QED) is 0.441. The molecule has 0 N–H and O–H groups in total. The van der Waals surface area contributed by atoms with E-state index in [4.69, 9.17) is 4.74 Å². The lowest BCUT2D eigenvalue weighted by Crippen LogP contribution is -2.14. The standard InChI is InChI=1S/C9H17IO2/c1-4-8(3)12-9(11)6-5-7(2)10/h7-8H,4-6H2,1-3H3. The van der Waals surface area contributed by atoms with E-state index in [1.807, 2.05) is 13.8 Å². The molecule has 0 aliphatic rings. The molecule has 0 saturated heterocycles. The summed E-state index contributed by atoms with van der Waals surface area (Å²) in [6.45, 7) is 6.03. The summed E-state index contributed by atoms with van der Waals surface area (Å²) in [5.41, 5.74) is 0. The van der Waals surface area contributed by atoms with Gasteiger partial charge < -0.3 is 4.74 Å². The minimum absolute atomic E-state index is 0.0622. The van der Waals surface area contributed by atoms with Gasteiger partial charge in [-0.2, -0.15) is 0 Å². The molecule has 0 saturated carbocycles. The maximum Gasteiger partial charge on any atom is 0.306 e. The first-order valence-electron chi connectivity index (χ1n) is 4.39. The average Bonchev–Trinajstić information content (AvgIpc) is 2.00. The molecule has 0 fully saturated rings. The fourth-order valence-corrected chi connectivity index (χ4v) is 0.995. The molecule has 0 aliphatic heterocycles. The van der Waals surface area contributed by atoms with Gasteiger partial charge in [0.2, 0.25) is 0 Å². The summed E-state index contributed by atoms with van der Waals surface area (Å²) in [7, 11) is 0. The van der Waals surface area contributed by atoms with Gasteiger partial charge in [0.1, 0.15) is 0 Å². The van der Waals surface area contributed by atoms with E-state index in [9.17, 15) is 4.79 Å². The summed E-state index contributed by atoms with van der Waals surface area (Å²) in [6.07, 6.45) is 2.43. The predicted octanol–water partition coefficient (Wildman–Crippen LogP) is 2.93. The van der Waals surface area contributed by atoms with Crippen LogP contribution < -0.4 is 0 Å². The largest absolute Gasteiger partial charge is 0.463 e. The Kier molecular flexibility index (Phi) is 6.80. The van der Waals surface area contributed by atoms with E-state index in [1.54, 1.807) is 0 Å². The van der Waals surface area contributed by atoms with Gasteiger partial charge in [-0.05, 0) is 19.8 Å². The van der Waals surface area contributed by atoms with Gasteiger partial charge >= 0.3 is 5.97 Å². The Morgan fingerprint density at radius 2 is 2.08 bits per heavy atom. The minimum Gasteiger partial charge on any atom is -0.463 e. The summed E-state index contributed by atoms with van der Waals surface area (Å²) in [6, 6.07) is 0. The van der Waals surface area contributed by atoms with Crippen molar-refractivity contribution >= 4 is 28.6 Å². The van der Waals surface area contributed by atoms with Crippen LogP contribution in [-0.2, 0) is 9.53 Å². The molecule has 0 aromatic heterocycles. The van der Waals surface area contributed by atoms with Crippen molar-refractivity contribution in [2.75, 3.05) is 0 Å². The van der Waals surface area contributed by atoms with E-state index in [2.05, 4.69) is 29.5 Å². The van der Waals surface area contributed by atoms with Gasteiger partial charge in [0.15, 0.2) is 0 Å². The number of carbonyl (C=O) groups excluding carboxylic acids is 1. The Balaban J connectivity index is 3.46. The monoisotopic (exact) mass is 284 g/mol. The fraction of sp³-hybridized carbons (Fsp3) is 0.889. The van der Waals surface area contributed by atoms with Crippen molar-refractivity contribution < 1.29 is 9.53 Å². The molecule has 0 aromatic rings. The number of hydrogen-bond acceptors (Lipinski definition) is 2. The Bertz CT molecular complexity index is 134. The summed E-state index contributed by atoms with van der Waals surface area (Å²) in [5.74, 6) is -0.0622. The number of hydrogen-bond donors (Lipinski definition) is 0. The first kappa shape index (κ1) is 12.2. The lowest BCUT2D eigenvalue weighted by Gasteiger charge is -2.10. The minimum atomic E-state index is -0.0622. The van der Waals surface area contributed by atoms with Crippen LogP contribution in [0.1, 0.15) is 40.0 Å². The molecule has 0 aromatic carbocycles. The second-order valence-corrected chi connectivity index (χ2v) is 5.15. The number of alkyl halides is 1. The highest BCUT2D eigenvalue weighted by atomic mass is 127. The molecule has 2 atom stereocenters. The Morgan fingerprint density at radius 1 is 1.50 bits per heavy atom. The van der Waals surface area contributed by atoms with Gasteiger partial charge in [0.25, 0.3) is 0 Å². The van der Waals surface area contributed by atoms with Crippen molar-refractivity contribution in [2.45, 2.75) is 50.1 Å². The van der Waals surface area contributed by atoms with E-state index in [-0.39, 0.29) is 12.1 Å². The second kappa shape index (κ2) is 6.69. The summed E-state index contributed by atoms with van der Waals surface area (Å²) in [4.78, 5) is 11.1. The van der Waals surface area contributed by atoms with Gasteiger partial charge in [-0.25, -0.2) is 0 Å². The summed E-state index contributed by atoms with van der Waals surface area (Å²) < 4.78 is 5.66. The Labute approximate surface area is 88.2 Å². The molecule has 0 aliphatic carbocycles. The molecule has 0 bridgehead atoms. The molecule has 72 valence electrons. The molecule has 0 radical (unpaired) electrons. The van der Waals surface area contributed by atoms with Crippen LogP contribution >= 0.6 is 22.6 Å². The van der Waals surface area contributed by atoms with Crippen LogP contribution in [0.25, 0.3) is 0 Å². The van der Waals surface area contributed by atoms with Crippen LogP contribution in [0.3, 0.4) is 0 Å². The van der Waals surface area contributed by atoms with Crippen LogP contribution in [0, 0.1) is 0 Å². The lowest BCUT2D eigenvalue weighted by molar-refractivity contribution is -0.148. The van der Waals surface area contributed by atoms with Crippen molar-refractivity contribution in [3.63, 3.8) is 0 Å². The van der Waals surface area contributed by atoms with Gasteiger partial charge in [-0.15, -0.1) is 0 Å². The SMILES string of the molecule is CCC(C)OC(=O)CCC(C)I. The highest BCUT2D eigenvalue weighted by molar-refractivity contribution is 14.1. The van der Waals surface area contributed by atoms with Crippen molar-refractivity contribution in [1.82, 2.24) is 0 Å². The maximum absolute atomic E-state index is 11.1. The molecule has 0 heterocycles. The van der Waals surface area contributed by atoms with Gasteiger partial charge in [-0.3, -0.25) is 4.79 Å². The molecule has 0 rings (SSSR count). The Morgan fingerprint density at radius 3 is 2.50 bits per heavy atom. The van der Waals surface area contributed by atoms with E-state index in [0.29, 0.717) is 10.3 Å².